The Labute approximate surface area is 180 Å². The summed E-state index contributed by atoms with van der Waals surface area (Å²) in [5.74, 6) is 0.240. The van der Waals surface area contributed by atoms with Crippen LogP contribution in [0.15, 0.2) is 65.6 Å². The van der Waals surface area contributed by atoms with Crippen LogP contribution in [0.3, 0.4) is 0 Å². The lowest BCUT2D eigenvalue weighted by atomic mass is 10.2. The van der Waals surface area contributed by atoms with Gasteiger partial charge in [-0.1, -0.05) is 0 Å². The SMILES string of the molecule is COc1ccc(-n2cc(C(=O)Nc3ccc(OC(F)(F)Cl)cc3)ccc2=O)cc1OC. The molecule has 0 aliphatic carbocycles. The highest BCUT2D eigenvalue weighted by Gasteiger charge is 2.27. The van der Waals surface area contributed by atoms with Gasteiger partial charge in [-0.15, -0.1) is 8.78 Å². The number of carbonyl (C=O) groups excluding carboxylic acids is 1. The third-order valence-electron chi connectivity index (χ3n) is 4.16. The van der Waals surface area contributed by atoms with Gasteiger partial charge in [0.2, 0.25) is 0 Å². The molecule has 7 nitrogen and oxygen atoms in total. The number of anilines is 1. The average Bonchev–Trinajstić information content (AvgIpc) is 2.74. The van der Waals surface area contributed by atoms with Crippen LogP contribution in [0, 0.1) is 0 Å². The second-order valence-corrected chi connectivity index (χ2v) is 6.63. The molecule has 1 amide bonds. The second-order valence-electron chi connectivity index (χ2n) is 6.19. The number of rotatable bonds is 7. The summed E-state index contributed by atoms with van der Waals surface area (Å²) in [6, 6.07) is 12.7. The summed E-state index contributed by atoms with van der Waals surface area (Å²) in [6.45, 7) is 0. The number of nitrogens with zero attached hydrogens (tertiary/aromatic N) is 1. The summed E-state index contributed by atoms with van der Waals surface area (Å²) in [4.78, 5) is 24.9. The van der Waals surface area contributed by atoms with Crippen molar-refractivity contribution in [3.05, 3.63) is 76.7 Å². The second kappa shape index (κ2) is 9.05. The molecule has 162 valence electrons. The average molecular weight is 451 g/mol. The molecule has 0 atom stereocenters. The number of amides is 1. The molecular weight excluding hydrogens is 434 g/mol. The number of alkyl halides is 3. The fourth-order valence-corrected chi connectivity index (χ4v) is 2.83. The number of halogens is 3. The Kier molecular flexibility index (Phi) is 6.45. The van der Waals surface area contributed by atoms with Gasteiger partial charge in [0.15, 0.2) is 11.5 Å². The predicted octanol–water partition coefficient (Wildman–Crippen LogP) is 4.27. The first-order valence-electron chi connectivity index (χ1n) is 8.82. The van der Waals surface area contributed by atoms with E-state index in [1.54, 1.807) is 18.2 Å². The topological polar surface area (TPSA) is 78.8 Å². The summed E-state index contributed by atoms with van der Waals surface area (Å²) in [7, 11) is 2.97. The molecule has 0 aliphatic heterocycles. The number of pyridine rings is 1. The molecule has 0 saturated carbocycles. The highest BCUT2D eigenvalue weighted by molar-refractivity contribution is 6.20. The molecule has 31 heavy (non-hydrogen) atoms. The Hall–Kier alpha value is -3.59. The first-order valence-corrected chi connectivity index (χ1v) is 9.20. The number of aromatic nitrogens is 1. The lowest BCUT2D eigenvalue weighted by Gasteiger charge is -2.13. The van der Waals surface area contributed by atoms with E-state index in [0.29, 0.717) is 22.9 Å². The predicted molar refractivity (Wildman–Crippen MR) is 111 cm³/mol. The van der Waals surface area contributed by atoms with Crippen molar-refractivity contribution in [1.82, 2.24) is 4.57 Å². The fourth-order valence-electron chi connectivity index (χ4n) is 2.74. The van der Waals surface area contributed by atoms with Crippen molar-refractivity contribution in [3.63, 3.8) is 0 Å². The van der Waals surface area contributed by atoms with E-state index in [1.807, 2.05) is 0 Å². The largest absolute Gasteiger partial charge is 0.493 e. The number of hydrogen-bond donors (Lipinski definition) is 1. The van der Waals surface area contributed by atoms with Crippen LogP contribution < -0.4 is 25.1 Å². The molecule has 0 unspecified atom stereocenters. The zero-order valence-corrected chi connectivity index (χ0v) is 17.2. The lowest BCUT2D eigenvalue weighted by Crippen LogP contribution is -2.21. The smallest absolute Gasteiger partial charge is 0.487 e. The van der Waals surface area contributed by atoms with Crippen LogP contribution in [0.5, 0.6) is 17.2 Å². The molecular formula is C21H17ClF2N2O5. The van der Waals surface area contributed by atoms with Gasteiger partial charge in [0.05, 0.1) is 25.5 Å². The first-order chi connectivity index (χ1) is 14.7. The van der Waals surface area contributed by atoms with Gasteiger partial charge < -0.3 is 19.5 Å². The van der Waals surface area contributed by atoms with Crippen LogP contribution in [0.2, 0.25) is 0 Å². The van der Waals surface area contributed by atoms with Gasteiger partial charge in [0, 0.05) is 35.6 Å². The maximum absolute atomic E-state index is 12.7. The van der Waals surface area contributed by atoms with Crippen molar-refractivity contribution in [2.75, 3.05) is 19.5 Å². The van der Waals surface area contributed by atoms with Crippen molar-refractivity contribution in [3.8, 4) is 22.9 Å². The molecule has 0 spiro atoms. The van der Waals surface area contributed by atoms with E-state index in [9.17, 15) is 18.4 Å². The lowest BCUT2D eigenvalue weighted by molar-refractivity contribution is -0.0964. The van der Waals surface area contributed by atoms with Crippen LogP contribution in [-0.4, -0.2) is 30.3 Å². The Morgan fingerprint density at radius 2 is 1.68 bits per heavy atom. The normalized spacial score (nSPS) is 11.0. The zero-order chi connectivity index (χ0) is 22.6. The number of ether oxygens (including phenoxy) is 3. The molecule has 2 aromatic carbocycles. The third-order valence-corrected chi connectivity index (χ3v) is 4.24. The van der Waals surface area contributed by atoms with Crippen molar-refractivity contribution in [2.45, 2.75) is 5.57 Å². The molecule has 3 rings (SSSR count). The number of methoxy groups -OCH3 is 2. The molecule has 0 saturated heterocycles. The maximum Gasteiger partial charge on any atom is 0.487 e. The van der Waals surface area contributed by atoms with E-state index in [0.717, 1.165) is 0 Å². The molecule has 1 aromatic heterocycles. The molecule has 1 heterocycles. The molecule has 0 bridgehead atoms. The minimum absolute atomic E-state index is 0.167. The number of nitrogens with one attached hydrogen (secondary N) is 1. The Balaban J connectivity index is 1.83. The molecule has 0 fully saturated rings. The summed E-state index contributed by atoms with van der Waals surface area (Å²) >= 11 is 4.72. The Bertz CT molecular complexity index is 1140. The quantitative estimate of drug-likeness (QED) is 0.544. The van der Waals surface area contributed by atoms with Gasteiger partial charge in [-0.05, 0) is 42.5 Å². The summed E-state index contributed by atoms with van der Waals surface area (Å²) in [5, 5.41) is 2.61. The minimum atomic E-state index is -3.83. The van der Waals surface area contributed by atoms with Gasteiger partial charge in [0.1, 0.15) is 5.75 Å². The highest BCUT2D eigenvalue weighted by atomic mass is 35.5. The van der Waals surface area contributed by atoms with Crippen LogP contribution in [0.25, 0.3) is 5.69 Å². The fraction of sp³-hybridized carbons (Fsp3) is 0.143. The molecule has 0 radical (unpaired) electrons. The van der Waals surface area contributed by atoms with E-state index < -0.39 is 11.5 Å². The van der Waals surface area contributed by atoms with Crippen LogP contribution in [-0.2, 0) is 0 Å². The van der Waals surface area contributed by atoms with Gasteiger partial charge in [-0.3, -0.25) is 14.2 Å². The van der Waals surface area contributed by atoms with Crippen molar-refractivity contribution < 1.29 is 27.8 Å². The molecule has 3 aromatic rings. The van der Waals surface area contributed by atoms with Gasteiger partial charge in [-0.25, -0.2) is 0 Å². The van der Waals surface area contributed by atoms with E-state index >= 15 is 0 Å². The van der Waals surface area contributed by atoms with Crippen LogP contribution in [0.4, 0.5) is 14.5 Å². The summed E-state index contributed by atoms with van der Waals surface area (Å²) < 4.78 is 41.3. The number of hydrogen-bond acceptors (Lipinski definition) is 5. The molecule has 10 heteroatoms. The van der Waals surface area contributed by atoms with Crippen molar-refractivity contribution in [1.29, 1.82) is 0 Å². The number of benzene rings is 2. The van der Waals surface area contributed by atoms with Crippen molar-refractivity contribution >= 4 is 23.2 Å². The monoisotopic (exact) mass is 450 g/mol. The van der Waals surface area contributed by atoms with Gasteiger partial charge >= 0.3 is 5.57 Å². The molecule has 0 aliphatic rings. The van der Waals surface area contributed by atoms with Gasteiger partial charge in [-0.2, -0.15) is 0 Å². The van der Waals surface area contributed by atoms with Gasteiger partial charge in [0.25, 0.3) is 11.5 Å². The van der Waals surface area contributed by atoms with E-state index in [1.165, 1.54) is 61.4 Å². The Morgan fingerprint density at radius 1 is 1.00 bits per heavy atom. The zero-order valence-electron chi connectivity index (χ0n) is 16.4. The standard InChI is InChI=1S/C21H17ClF2N2O5/c1-29-17-9-6-15(11-18(17)30-2)26-12-13(3-10-19(26)27)20(28)25-14-4-7-16(8-5-14)31-21(22,23)24/h3-12H,1-2H3,(H,25,28). The number of carbonyl (C=O) groups is 1. The van der Waals surface area contributed by atoms with E-state index in [-0.39, 0.29) is 16.9 Å². The first kappa shape index (κ1) is 22.1. The van der Waals surface area contributed by atoms with Crippen molar-refractivity contribution in [2.24, 2.45) is 0 Å². The summed E-state index contributed by atoms with van der Waals surface area (Å²) in [6.07, 6.45) is 1.38. The van der Waals surface area contributed by atoms with E-state index in [2.05, 4.69) is 10.1 Å². The maximum atomic E-state index is 12.7. The Morgan fingerprint density at radius 3 is 2.29 bits per heavy atom. The molecule has 1 N–H and O–H groups in total. The highest BCUT2D eigenvalue weighted by Crippen LogP contribution is 2.29. The van der Waals surface area contributed by atoms with E-state index in [4.69, 9.17) is 21.1 Å². The summed E-state index contributed by atoms with van der Waals surface area (Å²) in [5.41, 5.74) is -3.18. The van der Waals surface area contributed by atoms with Crippen LogP contribution in [0.1, 0.15) is 10.4 Å². The minimum Gasteiger partial charge on any atom is -0.493 e. The third kappa shape index (κ3) is 5.52. The van der Waals surface area contributed by atoms with Crippen LogP contribution >= 0.6 is 11.6 Å².